The number of alkyl halides is 3. The molecule has 0 spiro atoms. The molecule has 18 heavy (non-hydrogen) atoms. The van der Waals surface area contributed by atoms with Gasteiger partial charge in [0.25, 0.3) is 0 Å². The Morgan fingerprint density at radius 2 is 2.11 bits per heavy atom. The molecule has 7 heteroatoms. The van der Waals surface area contributed by atoms with Crippen molar-refractivity contribution >= 4 is 21.9 Å². The van der Waals surface area contributed by atoms with E-state index in [0.717, 1.165) is 6.07 Å². The number of carbonyl (C=O) groups is 1. The lowest BCUT2D eigenvalue weighted by molar-refractivity contribution is -0.138. The predicted octanol–water partition coefficient (Wildman–Crippen LogP) is 3.52. The summed E-state index contributed by atoms with van der Waals surface area (Å²) in [5.74, 6) is -1.12. The molecule has 0 aliphatic rings. The van der Waals surface area contributed by atoms with E-state index in [1.54, 1.807) is 6.07 Å². The third-order valence-electron chi connectivity index (χ3n) is 2.05. The van der Waals surface area contributed by atoms with E-state index in [1.807, 2.05) is 0 Å². The lowest BCUT2D eigenvalue weighted by atomic mass is 10.0. The number of nitrogens with zero attached hydrogens (tertiary/aromatic N) is 1. The van der Waals surface area contributed by atoms with Crippen LogP contribution in [-0.2, 0) is 10.9 Å². The van der Waals surface area contributed by atoms with Gasteiger partial charge in [-0.1, -0.05) is 0 Å². The van der Waals surface area contributed by atoms with Crippen molar-refractivity contribution in [2.45, 2.75) is 13.1 Å². The Hall–Kier alpha value is -1.55. The molecule has 0 unspecified atom stereocenters. The Kier molecular flexibility index (Phi) is 4.35. The highest BCUT2D eigenvalue weighted by Crippen LogP contribution is 2.36. The van der Waals surface area contributed by atoms with Crippen LogP contribution in [0.15, 0.2) is 16.6 Å². The van der Waals surface area contributed by atoms with Gasteiger partial charge < -0.3 is 4.74 Å². The van der Waals surface area contributed by atoms with Gasteiger partial charge in [-0.3, -0.25) is 0 Å². The van der Waals surface area contributed by atoms with Crippen molar-refractivity contribution in [1.82, 2.24) is 0 Å². The van der Waals surface area contributed by atoms with Crippen LogP contribution in [-0.4, -0.2) is 12.6 Å². The largest absolute Gasteiger partial charge is 0.462 e. The van der Waals surface area contributed by atoms with E-state index < -0.39 is 23.3 Å². The number of rotatable bonds is 2. The van der Waals surface area contributed by atoms with E-state index in [9.17, 15) is 18.0 Å². The Morgan fingerprint density at radius 1 is 1.50 bits per heavy atom. The van der Waals surface area contributed by atoms with Crippen molar-refractivity contribution in [3.05, 3.63) is 33.3 Å². The zero-order valence-electron chi connectivity index (χ0n) is 9.14. The van der Waals surface area contributed by atoms with E-state index in [2.05, 4.69) is 20.7 Å². The average Bonchev–Trinajstić information content (AvgIpc) is 2.27. The van der Waals surface area contributed by atoms with Crippen LogP contribution in [0.2, 0.25) is 0 Å². The fourth-order valence-corrected chi connectivity index (χ4v) is 1.90. The van der Waals surface area contributed by atoms with Gasteiger partial charge in [0.05, 0.1) is 27.8 Å². The fourth-order valence-electron chi connectivity index (χ4n) is 1.30. The maximum absolute atomic E-state index is 12.8. The van der Waals surface area contributed by atoms with Crippen LogP contribution in [0, 0.1) is 11.3 Å². The van der Waals surface area contributed by atoms with Crippen molar-refractivity contribution in [1.29, 1.82) is 5.26 Å². The zero-order valence-corrected chi connectivity index (χ0v) is 10.7. The van der Waals surface area contributed by atoms with Crippen LogP contribution in [0.25, 0.3) is 0 Å². The summed E-state index contributed by atoms with van der Waals surface area (Å²) >= 11 is 2.83. The highest BCUT2D eigenvalue weighted by Gasteiger charge is 2.37. The summed E-state index contributed by atoms with van der Waals surface area (Å²) in [6.45, 7) is 1.42. The molecular weight excluding hydrogens is 315 g/mol. The molecule has 0 radical (unpaired) electrons. The monoisotopic (exact) mass is 321 g/mol. The van der Waals surface area contributed by atoms with E-state index in [-0.39, 0.29) is 16.6 Å². The summed E-state index contributed by atoms with van der Waals surface area (Å²) in [4.78, 5) is 11.5. The van der Waals surface area contributed by atoms with Gasteiger partial charge in [0.15, 0.2) is 0 Å². The number of benzene rings is 1. The molecule has 96 valence electrons. The average molecular weight is 322 g/mol. The second kappa shape index (κ2) is 5.40. The number of esters is 1. The molecule has 1 rings (SSSR count). The molecule has 0 saturated heterocycles. The lowest BCUT2D eigenvalue weighted by Gasteiger charge is -2.14. The molecule has 3 nitrogen and oxygen atoms in total. The Morgan fingerprint density at radius 3 is 2.56 bits per heavy atom. The summed E-state index contributed by atoms with van der Waals surface area (Å²) in [7, 11) is 0. The number of ether oxygens (including phenoxy) is 1. The van der Waals surface area contributed by atoms with Gasteiger partial charge >= 0.3 is 12.1 Å². The molecule has 0 saturated carbocycles. The van der Waals surface area contributed by atoms with Gasteiger partial charge in [-0.2, -0.15) is 18.4 Å². The molecular formula is C11H7BrF3NO2. The fraction of sp³-hybridized carbons (Fsp3) is 0.273. The van der Waals surface area contributed by atoms with E-state index in [0.29, 0.717) is 6.07 Å². The Bertz CT molecular complexity index is 520. The zero-order chi connectivity index (χ0) is 13.9. The summed E-state index contributed by atoms with van der Waals surface area (Å²) in [5, 5.41) is 8.73. The SMILES string of the molecule is CCOC(=O)c1c(C(F)(F)F)ccc(C#N)c1Br. The van der Waals surface area contributed by atoms with Crippen molar-refractivity contribution < 1.29 is 22.7 Å². The highest BCUT2D eigenvalue weighted by molar-refractivity contribution is 9.10. The molecule has 0 aromatic heterocycles. The molecule has 1 aromatic rings. The van der Waals surface area contributed by atoms with Gasteiger partial charge in [-0.25, -0.2) is 4.79 Å². The second-order valence-electron chi connectivity index (χ2n) is 3.18. The van der Waals surface area contributed by atoms with Gasteiger partial charge in [-0.15, -0.1) is 0 Å². The first kappa shape index (κ1) is 14.5. The van der Waals surface area contributed by atoms with Crippen molar-refractivity contribution in [3.8, 4) is 6.07 Å². The number of halogens is 4. The van der Waals surface area contributed by atoms with Crippen LogP contribution in [0.4, 0.5) is 13.2 Å². The van der Waals surface area contributed by atoms with E-state index in [4.69, 9.17) is 5.26 Å². The lowest BCUT2D eigenvalue weighted by Crippen LogP contribution is -2.16. The molecule has 1 aromatic carbocycles. The van der Waals surface area contributed by atoms with E-state index >= 15 is 0 Å². The quantitative estimate of drug-likeness (QED) is 0.783. The minimum absolute atomic E-state index is 0.0562. The van der Waals surface area contributed by atoms with Gasteiger partial charge in [0.2, 0.25) is 0 Å². The van der Waals surface area contributed by atoms with Crippen LogP contribution in [0.1, 0.15) is 28.4 Å². The number of carbonyl (C=O) groups excluding carboxylic acids is 1. The van der Waals surface area contributed by atoms with Crippen molar-refractivity contribution in [2.24, 2.45) is 0 Å². The minimum Gasteiger partial charge on any atom is -0.462 e. The minimum atomic E-state index is -4.70. The van der Waals surface area contributed by atoms with Gasteiger partial charge in [0.1, 0.15) is 6.07 Å². The van der Waals surface area contributed by atoms with Crippen LogP contribution in [0.3, 0.4) is 0 Å². The molecule has 0 N–H and O–H groups in total. The standard InChI is InChI=1S/C11H7BrF3NO2/c1-2-18-10(17)8-7(11(13,14)15)4-3-6(5-16)9(8)12/h3-4H,2H2,1H3. The molecule has 0 aliphatic heterocycles. The van der Waals surface area contributed by atoms with E-state index in [1.165, 1.54) is 6.92 Å². The van der Waals surface area contributed by atoms with Crippen LogP contribution < -0.4 is 0 Å². The first-order chi connectivity index (χ1) is 8.32. The summed E-state index contributed by atoms with van der Waals surface area (Å²) in [6.07, 6.45) is -4.70. The third-order valence-corrected chi connectivity index (χ3v) is 2.87. The summed E-state index contributed by atoms with van der Waals surface area (Å²) in [6, 6.07) is 3.38. The normalized spacial score (nSPS) is 10.9. The summed E-state index contributed by atoms with van der Waals surface area (Å²) in [5.41, 5.74) is -1.87. The Labute approximate surface area is 109 Å². The second-order valence-corrected chi connectivity index (χ2v) is 3.97. The maximum atomic E-state index is 12.8. The first-order valence-electron chi connectivity index (χ1n) is 4.79. The first-order valence-corrected chi connectivity index (χ1v) is 5.59. The van der Waals surface area contributed by atoms with Gasteiger partial charge in [0, 0.05) is 0 Å². The number of nitriles is 1. The molecule has 0 bridgehead atoms. The third kappa shape index (κ3) is 2.82. The molecule has 0 aliphatic carbocycles. The maximum Gasteiger partial charge on any atom is 0.417 e. The summed E-state index contributed by atoms with van der Waals surface area (Å²) < 4.78 is 42.6. The van der Waals surface area contributed by atoms with Crippen LogP contribution in [0.5, 0.6) is 0 Å². The molecule has 0 fully saturated rings. The van der Waals surface area contributed by atoms with Gasteiger partial charge in [-0.05, 0) is 35.0 Å². The van der Waals surface area contributed by atoms with Crippen molar-refractivity contribution in [2.75, 3.05) is 6.61 Å². The van der Waals surface area contributed by atoms with Crippen molar-refractivity contribution in [3.63, 3.8) is 0 Å². The topological polar surface area (TPSA) is 50.1 Å². The highest BCUT2D eigenvalue weighted by atomic mass is 79.9. The predicted molar refractivity (Wildman–Crippen MR) is 59.8 cm³/mol. The molecule has 0 atom stereocenters. The van der Waals surface area contributed by atoms with Crippen LogP contribution >= 0.6 is 15.9 Å². The number of hydrogen-bond donors (Lipinski definition) is 0. The number of hydrogen-bond acceptors (Lipinski definition) is 3. The molecule has 0 amide bonds. The smallest absolute Gasteiger partial charge is 0.417 e. The Balaban J connectivity index is 3.51. The molecule has 0 heterocycles.